The van der Waals surface area contributed by atoms with E-state index >= 15 is 0 Å². The van der Waals surface area contributed by atoms with Crippen LogP contribution in [-0.2, 0) is 5.41 Å². The summed E-state index contributed by atoms with van der Waals surface area (Å²) in [5, 5.41) is 0. The van der Waals surface area contributed by atoms with Gasteiger partial charge in [0.15, 0.2) is 0 Å². The van der Waals surface area contributed by atoms with Crippen LogP contribution in [0.3, 0.4) is 0 Å². The fourth-order valence-corrected chi connectivity index (χ4v) is 8.93. The van der Waals surface area contributed by atoms with Gasteiger partial charge in [-0.05, 0) is 99.3 Å². The van der Waals surface area contributed by atoms with Crippen molar-refractivity contribution in [1.82, 2.24) is 0 Å². The van der Waals surface area contributed by atoms with E-state index in [1.54, 1.807) is 0 Å². The van der Waals surface area contributed by atoms with Crippen molar-refractivity contribution in [2.75, 3.05) is 4.90 Å². The van der Waals surface area contributed by atoms with Gasteiger partial charge < -0.3 is 4.90 Å². The number of anilines is 3. The van der Waals surface area contributed by atoms with Gasteiger partial charge in [-0.15, -0.1) is 0 Å². The molecule has 0 spiro atoms. The molecular weight excluding hydrogens is 682 g/mol. The maximum Gasteiger partial charge on any atom is 0.0688 e. The standard InChI is InChI=1S/C49H36BrN/c50-45-33-34-46(47-43-23-13-14-24-44(43)49(48(45)47,39-19-9-3-10-20-39)40-21-11-4-12-22-40)51(41-29-25-37(26-30-41)35-15-5-1-6-16-35)42-31-27-38(28-32-42)36-17-7-2-8-18-36/h1-13,15-23,25-34H,14,24H2. The van der Waals surface area contributed by atoms with Gasteiger partial charge >= 0.3 is 0 Å². The van der Waals surface area contributed by atoms with Crippen LogP contribution in [0.15, 0.2) is 204 Å². The zero-order valence-corrected chi connectivity index (χ0v) is 29.8. The predicted octanol–water partition coefficient (Wildman–Crippen LogP) is 13.7. The molecule has 0 heterocycles. The molecule has 7 aromatic carbocycles. The maximum absolute atomic E-state index is 4.15. The van der Waals surface area contributed by atoms with E-state index in [0.29, 0.717) is 0 Å². The molecule has 1 nitrogen and oxygen atoms in total. The number of hydrogen-bond donors (Lipinski definition) is 0. The van der Waals surface area contributed by atoms with E-state index in [9.17, 15) is 0 Å². The van der Waals surface area contributed by atoms with E-state index in [0.717, 1.165) is 28.7 Å². The monoisotopic (exact) mass is 717 g/mol. The molecule has 2 aliphatic rings. The highest BCUT2D eigenvalue weighted by Crippen LogP contribution is 2.61. The molecule has 0 amide bonds. The van der Waals surface area contributed by atoms with E-state index in [4.69, 9.17) is 0 Å². The molecule has 0 N–H and O–H groups in total. The number of hydrogen-bond acceptors (Lipinski definition) is 1. The highest BCUT2D eigenvalue weighted by Gasteiger charge is 2.49. The lowest BCUT2D eigenvalue weighted by Gasteiger charge is -2.37. The van der Waals surface area contributed by atoms with Crippen LogP contribution in [0.1, 0.15) is 35.1 Å². The second-order valence-corrected chi connectivity index (χ2v) is 14.1. The molecule has 2 aliphatic carbocycles. The van der Waals surface area contributed by atoms with Gasteiger partial charge in [0, 0.05) is 21.4 Å². The molecule has 0 aromatic heterocycles. The zero-order valence-electron chi connectivity index (χ0n) is 28.2. The predicted molar refractivity (Wildman–Crippen MR) is 218 cm³/mol. The lowest BCUT2D eigenvalue weighted by molar-refractivity contribution is 0.693. The molecule has 51 heavy (non-hydrogen) atoms. The third-order valence-electron chi connectivity index (χ3n) is 10.5. The molecule has 9 rings (SSSR count). The van der Waals surface area contributed by atoms with Crippen LogP contribution in [0.2, 0.25) is 0 Å². The Kier molecular flexibility index (Phi) is 8.10. The van der Waals surface area contributed by atoms with Gasteiger partial charge in [0.25, 0.3) is 0 Å². The van der Waals surface area contributed by atoms with Crippen molar-refractivity contribution >= 4 is 38.6 Å². The van der Waals surface area contributed by atoms with Crippen molar-refractivity contribution < 1.29 is 0 Å². The third-order valence-corrected chi connectivity index (χ3v) is 11.2. The van der Waals surface area contributed by atoms with Crippen molar-refractivity contribution in [2.24, 2.45) is 0 Å². The van der Waals surface area contributed by atoms with Crippen LogP contribution in [0.25, 0.3) is 27.8 Å². The summed E-state index contributed by atoms with van der Waals surface area (Å²) >= 11 is 4.15. The number of allylic oxidation sites excluding steroid dienone is 4. The molecule has 0 radical (unpaired) electrons. The first-order valence-electron chi connectivity index (χ1n) is 17.7. The van der Waals surface area contributed by atoms with Crippen molar-refractivity contribution in [2.45, 2.75) is 18.3 Å². The molecule has 244 valence electrons. The van der Waals surface area contributed by atoms with Crippen LogP contribution in [-0.4, -0.2) is 0 Å². The Morgan fingerprint density at radius 2 is 0.922 bits per heavy atom. The average molecular weight is 719 g/mol. The van der Waals surface area contributed by atoms with Crippen LogP contribution >= 0.6 is 15.9 Å². The average Bonchev–Trinajstić information content (AvgIpc) is 3.54. The topological polar surface area (TPSA) is 3.24 Å². The summed E-state index contributed by atoms with van der Waals surface area (Å²) in [5.41, 5.74) is 15.8. The Labute approximate surface area is 309 Å². The quantitative estimate of drug-likeness (QED) is 0.159. The zero-order chi connectivity index (χ0) is 34.2. The maximum atomic E-state index is 4.15. The first kappa shape index (κ1) is 31.3. The first-order valence-corrected chi connectivity index (χ1v) is 18.5. The summed E-state index contributed by atoms with van der Waals surface area (Å²) in [5.74, 6) is 0. The molecule has 0 unspecified atom stereocenters. The van der Waals surface area contributed by atoms with E-state index in [2.05, 4.69) is 215 Å². The summed E-state index contributed by atoms with van der Waals surface area (Å²) in [4.78, 5) is 2.45. The van der Waals surface area contributed by atoms with Crippen LogP contribution in [0, 0.1) is 0 Å². The molecule has 0 aliphatic heterocycles. The van der Waals surface area contributed by atoms with Gasteiger partial charge in [-0.25, -0.2) is 0 Å². The van der Waals surface area contributed by atoms with E-state index < -0.39 is 5.41 Å². The van der Waals surface area contributed by atoms with E-state index in [1.165, 1.54) is 61.3 Å². The first-order chi connectivity index (χ1) is 25.2. The number of rotatable bonds is 7. The number of fused-ring (bicyclic) bond motifs is 2. The van der Waals surface area contributed by atoms with Crippen molar-refractivity contribution in [1.29, 1.82) is 0 Å². The number of halogens is 1. The fraction of sp³-hybridized carbons (Fsp3) is 0.0612. The largest absolute Gasteiger partial charge is 0.310 e. The summed E-state index contributed by atoms with van der Waals surface area (Å²) in [7, 11) is 0. The summed E-state index contributed by atoms with van der Waals surface area (Å²) in [6, 6.07) is 66.1. The Hall–Kier alpha value is -5.70. The SMILES string of the molecule is Brc1ccc(N(c2ccc(-c3ccccc3)cc2)c2ccc(-c3ccccc3)cc2)c2c1C(c1ccccc1)(c1ccccc1)C1=C2C=CCC1. The van der Waals surface area contributed by atoms with Gasteiger partial charge in [-0.2, -0.15) is 0 Å². The molecule has 0 fully saturated rings. The van der Waals surface area contributed by atoms with Crippen molar-refractivity contribution in [3.63, 3.8) is 0 Å². The van der Waals surface area contributed by atoms with Gasteiger partial charge in [0.1, 0.15) is 0 Å². The van der Waals surface area contributed by atoms with Crippen LogP contribution < -0.4 is 4.90 Å². The Balaban J connectivity index is 1.30. The van der Waals surface area contributed by atoms with Crippen molar-refractivity contribution in [3.8, 4) is 22.3 Å². The highest BCUT2D eigenvalue weighted by atomic mass is 79.9. The number of benzene rings is 7. The Morgan fingerprint density at radius 1 is 0.471 bits per heavy atom. The lowest BCUT2D eigenvalue weighted by atomic mass is 9.65. The molecule has 2 heteroatoms. The molecule has 0 saturated heterocycles. The number of nitrogens with zero attached hydrogens (tertiary/aromatic N) is 1. The molecular formula is C49H36BrN. The van der Waals surface area contributed by atoms with E-state index in [1.807, 2.05) is 0 Å². The van der Waals surface area contributed by atoms with Crippen molar-refractivity contribution in [3.05, 3.63) is 226 Å². The summed E-state index contributed by atoms with van der Waals surface area (Å²) < 4.78 is 1.12. The van der Waals surface area contributed by atoms with Gasteiger partial charge in [0.05, 0.1) is 11.1 Å². The minimum Gasteiger partial charge on any atom is -0.310 e. The van der Waals surface area contributed by atoms with Gasteiger partial charge in [0.2, 0.25) is 0 Å². The van der Waals surface area contributed by atoms with Gasteiger partial charge in [-0.3, -0.25) is 0 Å². The Bertz CT molecular complexity index is 2250. The van der Waals surface area contributed by atoms with E-state index in [-0.39, 0.29) is 0 Å². The second-order valence-electron chi connectivity index (χ2n) is 13.3. The third kappa shape index (κ3) is 5.30. The Morgan fingerprint density at radius 3 is 1.41 bits per heavy atom. The fourth-order valence-electron chi connectivity index (χ4n) is 8.31. The minimum atomic E-state index is -0.438. The smallest absolute Gasteiger partial charge is 0.0688 e. The summed E-state index contributed by atoms with van der Waals surface area (Å²) in [6.45, 7) is 0. The summed E-state index contributed by atoms with van der Waals surface area (Å²) in [6.07, 6.45) is 6.75. The molecule has 0 saturated carbocycles. The molecule has 0 bridgehead atoms. The van der Waals surface area contributed by atoms with Gasteiger partial charge in [-0.1, -0.05) is 174 Å². The normalized spacial score (nSPS) is 14.2. The van der Waals surface area contributed by atoms with Crippen LogP contribution in [0.4, 0.5) is 17.1 Å². The second kappa shape index (κ2) is 13.2. The van der Waals surface area contributed by atoms with Crippen LogP contribution in [0.5, 0.6) is 0 Å². The highest BCUT2D eigenvalue weighted by molar-refractivity contribution is 9.10. The minimum absolute atomic E-state index is 0.438. The molecule has 0 atom stereocenters. The lowest BCUT2D eigenvalue weighted by Crippen LogP contribution is -2.30. The molecule has 7 aromatic rings.